The van der Waals surface area contributed by atoms with Gasteiger partial charge in [-0.3, -0.25) is 4.68 Å². The van der Waals surface area contributed by atoms with Crippen LogP contribution in [-0.2, 0) is 13.6 Å². The minimum atomic E-state index is 0.581. The fraction of sp³-hybridized carbons (Fsp3) is 0.769. The topological polar surface area (TPSA) is 47.1 Å². The van der Waals surface area contributed by atoms with Crippen molar-refractivity contribution in [2.75, 3.05) is 18.0 Å². The molecule has 1 saturated heterocycles. The molecule has 2 N–H and O–H groups in total. The van der Waals surface area contributed by atoms with Gasteiger partial charge in [-0.05, 0) is 25.2 Å². The molecule has 96 valence electrons. The maximum absolute atomic E-state index is 5.85. The second-order valence-electron chi connectivity index (χ2n) is 5.45. The lowest BCUT2D eigenvalue weighted by atomic mass is 9.95. The van der Waals surface area contributed by atoms with Gasteiger partial charge in [0.05, 0.1) is 5.69 Å². The largest absolute Gasteiger partial charge is 0.356 e. The first-order valence-electron chi connectivity index (χ1n) is 6.52. The van der Waals surface area contributed by atoms with Crippen molar-refractivity contribution in [1.82, 2.24) is 9.78 Å². The van der Waals surface area contributed by atoms with Crippen LogP contribution in [0, 0.1) is 18.8 Å². The van der Waals surface area contributed by atoms with Crippen molar-refractivity contribution in [3.63, 3.8) is 0 Å². The van der Waals surface area contributed by atoms with Crippen LogP contribution in [0.3, 0.4) is 0 Å². The molecular weight excluding hydrogens is 212 g/mol. The molecule has 1 atom stereocenters. The van der Waals surface area contributed by atoms with Gasteiger partial charge in [-0.15, -0.1) is 0 Å². The number of hydrogen-bond acceptors (Lipinski definition) is 3. The van der Waals surface area contributed by atoms with E-state index >= 15 is 0 Å². The Morgan fingerprint density at radius 2 is 2.18 bits per heavy atom. The van der Waals surface area contributed by atoms with E-state index in [1.54, 1.807) is 0 Å². The molecule has 1 aliphatic rings. The van der Waals surface area contributed by atoms with Gasteiger partial charge in [0.1, 0.15) is 5.82 Å². The number of nitrogens with two attached hydrogens (primary N) is 1. The van der Waals surface area contributed by atoms with Crippen LogP contribution in [0.4, 0.5) is 5.82 Å². The lowest BCUT2D eigenvalue weighted by Gasteiger charge is -2.21. The molecule has 4 heteroatoms. The third kappa shape index (κ3) is 2.18. The molecular formula is C13H24N4. The van der Waals surface area contributed by atoms with Crippen molar-refractivity contribution in [3.05, 3.63) is 11.3 Å². The number of hydrogen-bond donors (Lipinski definition) is 1. The van der Waals surface area contributed by atoms with Gasteiger partial charge in [-0.2, -0.15) is 5.10 Å². The Kier molecular flexibility index (Phi) is 3.43. The van der Waals surface area contributed by atoms with Crippen molar-refractivity contribution >= 4 is 5.82 Å². The molecule has 0 amide bonds. The molecule has 0 aliphatic carbocycles. The molecule has 0 spiro atoms. The molecule has 1 fully saturated rings. The fourth-order valence-corrected chi connectivity index (χ4v) is 2.85. The van der Waals surface area contributed by atoms with Crippen LogP contribution < -0.4 is 10.6 Å². The van der Waals surface area contributed by atoms with E-state index in [0.717, 1.165) is 30.6 Å². The quantitative estimate of drug-likeness (QED) is 0.868. The number of aryl methyl sites for hydroxylation is 2. The summed E-state index contributed by atoms with van der Waals surface area (Å²) >= 11 is 0. The second-order valence-corrected chi connectivity index (χ2v) is 5.45. The molecule has 1 aromatic rings. The molecule has 1 aliphatic heterocycles. The van der Waals surface area contributed by atoms with Crippen LogP contribution >= 0.6 is 0 Å². The summed E-state index contributed by atoms with van der Waals surface area (Å²) in [4.78, 5) is 2.45. The van der Waals surface area contributed by atoms with Crippen LogP contribution in [0.5, 0.6) is 0 Å². The molecule has 4 nitrogen and oxygen atoms in total. The first kappa shape index (κ1) is 12.4. The van der Waals surface area contributed by atoms with Crippen LogP contribution in [0.2, 0.25) is 0 Å². The summed E-state index contributed by atoms with van der Waals surface area (Å²) in [7, 11) is 2.02. The Balaban J connectivity index is 2.24. The second kappa shape index (κ2) is 4.69. The molecule has 0 bridgehead atoms. The highest BCUT2D eigenvalue weighted by Gasteiger charge is 2.28. The summed E-state index contributed by atoms with van der Waals surface area (Å²) in [5, 5.41) is 4.49. The van der Waals surface area contributed by atoms with Gasteiger partial charge < -0.3 is 10.6 Å². The summed E-state index contributed by atoms with van der Waals surface area (Å²) in [5.74, 6) is 2.79. The summed E-state index contributed by atoms with van der Waals surface area (Å²) in [6.45, 7) is 9.52. The van der Waals surface area contributed by atoms with Gasteiger partial charge in [0.2, 0.25) is 0 Å². The smallest absolute Gasteiger partial charge is 0.131 e. The Hall–Kier alpha value is -1.03. The standard InChI is InChI=1S/C13H24N4/c1-9(2)11-5-6-17(8-11)13-12(7-14)10(3)15-16(13)4/h9,11H,5-8,14H2,1-4H3. The average Bonchev–Trinajstić information content (AvgIpc) is 2.82. The number of nitrogens with zero attached hydrogens (tertiary/aromatic N) is 3. The molecule has 1 unspecified atom stereocenters. The zero-order valence-corrected chi connectivity index (χ0v) is 11.4. The van der Waals surface area contributed by atoms with Gasteiger partial charge >= 0.3 is 0 Å². The summed E-state index contributed by atoms with van der Waals surface area (Å²) < 4.78 is 1.99. The summed E-state index contributed by atoms with van der Waals surface area (Å²) in [5.41, 5.74) is 8.12. The number of anilines is 1. The van der Waals surface area contributed by atoms with Crippen molar-refractivity contribution in [2.45, 2.75) is 33.7 Å². The van der Waals surface area contributed by atoms with Crippen LogP contribution in [0.25, 0.3) is 0 Å². The Bertz CT molecular complexity index is 394. The van der Waals surface area contributed by atoms with Crippen molar-refractivity contribution in [1.29, 1.82) is 0 Å². The summed E-state index contributed by atoms with van der Waals surface area (Å²) in [6, 6.07) is 0. The Morgan fingerprint density at radius 1 is 1.47 bits per heavy atom. The zero-order chi connectivity index (χ0) is 12.6. The van der Waals surface area contributed by atoms with Crippen LogP contribution in [0.15, 0.2) is 0 Å². The maximum Gasteiger partial charge on any atom is 0.131 e. The number of rotatable bonds is 3. The van der Waals surface area contributed by atoms with E-state index in [1.807, 2.05) is 18.7 Å². The molecule has 0 aromatic carbocycles. The monoisotopic (exact) mass is 236 g/mol. The average molecular weight is 236 g/mol. The van der Waals surface area contributed by atoms with Crippen LogP contribution in [-0.4, -0.2) is 22.9 Å². The van der Waals surface area contributed by atoms with E-state index in [4.69, 9.17) is 5.73 Å². The van der Waals surface area contributed by atoms with Crippen molar-refractivity contribution in [2.24, 2.45) is 24.6 Å². The van der Waals surface area contributed by atoms with Gasteiger partial charge in [-0.25, -0.2) is 0 Å². The van der Waals surface area contributed by atoms with Gasteiger partial charge in [-0.1, -0.05) is 13.8 Å². The lowest BCUT2D eigenvalue weighted by molar-refractivity contribution is 0.422. The van der Waals surface area contributed by atoms with E-state index in [2.05, 4.69) is 23.8 Å². The maximum atomic E-state index is 5.85. The van der Waals surface area contributed by atoms with E-state index < -0.39 is 0 Å². The Labute approximate surface area is 104 Å². The van der Waals surface area contributed by atoms with E-state index in [1.165, 1.54) is 17.8 Å². The SMILES string of the molecule is Cc1nn(C)c(N2CCC(C(C)C)C2)c1CN. The highest BCUT2D eigenvalue weighted by Crippen LogP contribution is 2.31. The van der Waals surface area contributed by atoms with Gasteiger partial charge in [0.15, 0.2) is 0 Å². The van der Waals surface area contributed by atoms with E-state index in [0.29, 0.717) is 6.54 Å². The molecule has 0 radical (unpaired) electrons. The highest BCUT2D eigenvalue weighted by atomic mass is 15.4. The molecule has 1 aromatic heterocycles. The Morgan fingerprint density at radius 3 is 2.71 bits per heavy atom. The number of aromatic nitrogens is 2. The predicted molar refractivity (Wildman–Crippen MR) is 71.0 cm³/mol. The fourth-order valence-electron chi connectivity index (χ4n) is 2.85. The first-order chi connectivity index (χ1) is 8.04. The van der Waals surface area contributed by atoms with E-state index in [-0.39, 0.29) is 0 Å². The first-order valence-corrected chi connectivity index (χ1v) is 6.52. The predicted octanol–water partition coefficient (Wildman–Crippen LogP) is 1.67. The minimum absolute atomic E-state index is 0.581. The van der Waals surface area contributed by atoms with Gasteiger partial charge in [0, 0.05) is 32.2 Å². The van der Waals surface area contributed by atoms with Gasteiger partial charge in [0.25, 0.3) is 0 Å². The third-order valence-electron chi connectivity index (χ3n) is 3.98. The minimum Gasteiger partial charge on any atom is -0.356 e. The van der Waals surface area contributed by atoms with E-state index in [9.17, 15) is 0 Å². The van der Waals surface area contributed by atoms with Crippen molar-refractivity contribution < 1.29 is 0 Å². The van der Waals surface area contributed by atoms with Crippen LogP contribution in [0.1, 0.15) is 31.5 Å². The molecule has 17 heavy (non-hydrogen) atoms. The lowest BCUT2D eigenvalue weighted by Crippen LogP contribution is -2.25. The normalized spacial score (nSPS) is 20.6. The molecule has 0 saturated carbocycles. The highest BCUT2D eigenvalue weighted by molar-refractivity contribution is 5.51. The third-order valence-corrected chi connectivity index (χ3v) is 3.98. The molecule has 2 heterocycles. The molecule has 2 rings (SSSR count). The summed E-state index contributed by atoms with van der Waals surface area (Å²) in [6.07, 6.45) is 1.28. The van der Waals surface area contributed by atoms with Crippen molar-refractivity contribution in [3.8, 4) is 0 Å². The zero-order valence-electron chi connectivity index (χ0n) is 11.4.